The number of carboxylic acids is 1. The Morgan fingerprint density at radius 2 is 1.86 bits per heavy atom. The molecule has 0 aliphatic heterocycles. The second-order valence-electron chi connectivity index (χ2n) is 6.36. The van der Waals surface area contributed by atoms with Gasteiger partial charge >= 0.3 is 12.1 Å². The summed E-state index contributed by atoms with van der Waals surface area (Å²) in [6.07, 6.45) is -0.818. The summed E-state index contributed by atoms with van der Waals surface area (Å²) in [5.74, 6) is -1.22. The zero-order valence-electron chi connectivity index (χ0n) is 13.4. The minimum atomic E-state index is -2.52. The second kappa shape index (κ2) is 6.53. The third-order valence-electron chi connectivity index (χ3n) is 2.73. The molecule has 6 nitrogen and oxygen atoms in total. The standard InChI is InChI=1S/C15H22NO5P/c1-15(2,3)21-14(19)16-12(13(17)18)10-7-6-8-11(9-10)22(4,5)20/h6-9,12H,1-5H3,(H,16,19)(H,17,18). The Hall–Kier alpha value is -1.81. The van der Waals surface area contributed by atoms with Crippen molar-refractivity contribution in [3.05, 3.63) is 29.8 Å². The molecule has 0 aliphatic rings. The molecule has 0 aromatic heterocycles. The summed E-state index contributed by atoms with van der Waals surface area (Å²) >= 11 is 0. The molecule has 0 aliphatic carbocycles. The van der Waals surface area contributed by atoms with Gasteiger partial charge in [-0.05, 0) is 45.7 Å². The number of ether oxygens (including phenoxy) is 1. The van der Waals surface area contributed by atoms with Gasteiger partial charge in [0.05, 0.1) is 0 Å². The molecule has 7 heteroatoms. The molecule has 0 saturated heterocycles. The average Bonchev–Trinajstić information content (AvgIpc) is 2.32. The molecule has 0 saturated carbocycles. The molecule has 2 N–H and O–H groups in total. The lowest BCUT2D eigenvalue weighted by atomic mass is 10.1. The van der Waals surface area contributed by atoms with Gasteiger partial charge in [0.1, 0.15) is 12.7 Å². The van der Waals surface area contributed by atoms with Crippen LogP contribution in [0.5, 0.6) is 0 Å². The summed E-state index contributed by atoms with van der Waals surface area (Å²) < 4.78 is 17.2. The lowest BCUT2D eigenvalue weighted by Gasteiger charge is -2.22. The molecule has 0 radical (unpaired) electrons. The Bertz CT molecular complexity index is 615. The highest BCUT2D eigenvalue weighted by molar-refractivity contribution is 7.70. The van der Waals surface area contributed by atoms with Gasteiger partial charge in [0, 0.05) is 5.30 Å². The van der Waals surface area contributed by atoms with Crippen molar-refractivity contribution in [2.45, 2.75) is 32.4 Å². The van der Waals surface area contributed by atoms with E-state index in [4.69, 9.17) is 4.74 Å². The van der Waals surface area contributed by atoms with Crippen LogP contribution in [-0.2, 0) is 14.1 Å². The van der Waals surface area contributed by atoms with Gasteiger partial charge in [-0.3, -0.25) is 0 Å². The molecule has 1 aromatic carbocycles. The van der Waals surface area contributed by atoms with Gasteiger partial charge in [0.2, 0.25) is 0 Å². The summed E-state index contributed by atoms with van der Waals surface area (Å²) in [7, 11) is -2.52. The number of carbonyl (C=O) groups excluding carboxylic acids is 1. The number of nitrogens with one attached hydrogen (secondary N) is 1. The van der Waals surface area contributed by atoms with E-state index >= 15 is 0 Å². The fraction of sp³-hybridized carbons (Fsp3) is 0.467. The van der Waals surface area contributed by atoms with Crippen LogP contribution in [0.25, 0.3) is 0 Å². The molecule has 22 heavy (non-hydrogen) atoms. The molecule has 0 fully saturated rings. The highest BCUT2D eigenvalue weighted by atomic mass is 31.2. The predicted octanol–water partition coefficient (Wildman–Crippen LogP) is 2.59. The normalized spacial score (nSPS) is 13.3. The Morgan fingerprint density at radius 3 is 2.32 bits per heavy atom. The van der Waals surface area contributed by atoms with Gasteiger partial charge < -0.3 is 19.7 Å². The summed E-state index contributed by atoms with van der Waals surface area (Å²) in [5, 5.41) is 12.2. The van der Waals surface area contributed by atoms with Crippen LogP contribution >= 0.6 is 7.14 Å². The Balaban J connectivity index is 3.05. The number of hydrogen-bond donors (Lipinski definition) is 2. The number of benzene rings is 1. The van der Waals surface area contributed by atoms with Crippen LogP contribution in [0, 0.1) is 0 Å². The van der Waals surface area contributed by atoms with Crippen LogP contribution in [0.2, 0.25) is 0 Å². The highest BCUT2D eigenvalue weighted by Gasteiger charge is 2.26. The van der Waals surface area contributed by atoms with Crippen molar-refractivity contribution in [3.8, 4) is 0 Å². The minimum Gasteiger partial charge on any atom is -0.479 e. The van der Waals surface area contributed by atoms with Crippen LogP contribution in [0.1, 0.15) is 32.4 Å². The van der Waals surface area contributed by atoms with E-state index in [1.54, 1.807) is 52.3 Å². The SMILES string of the molecule is CC(C)(C)OC(=O)NC(C(=O)O)c1cccc(P(C)(C)=O)c1. The molecule has 1 amide bonds. The van der Waals surface area contributed by atoms with E-state index in [0.717, 1.165) is 0 Å². The Morgan fingerprint density at radius 1 is 1.27 bits per heavy atom. The monoisotopic (exact) mass is 327 g/mol. The molecule has 1 aromatic rings. The maximum absolute atomic E-state index is 12.1. The molecule has 1 atom stereocenters. The van der Waals surface area contributed by atoms with Gasteiger partial charge in [-0.15, -0.1) is 0 Å². The molecule has 0 heterocycles. The van der Waals surface area contributed by atoms with Crippen LogP contribution in [0.3, 0.4) is 0 Å². The Labute approximate surface area is 130 Å². The summed E-state index contributed by atoms with van der Waals surface area (Å²) in [5.41, 5.74) is -0.378. The van der Waals surface area contributed by atoms with E-state index in [-0.39, 0.29) is 0 Å². The van der Waals surface area contributed by atoms with Crippen LogP contribution in [0.15, 0.2) is 24.3 Å². The number of hydrogen-bond acceptors (Lipinski definition) is 4. The molecule has 0 spiro atoms. The van der Waals surface area contributed by atoms with Gasteiger partial charge in [0.15, 0.2) is 6.04 Å². The van der Waals surface area contributed by atoms with Crippen LogP contribution in [-0.4, -0.2) is 36.1 Å². The summed E-state index contributed by atoms with van der Waals surface area (Å²) in [4.78, 5) is 23.2. The summed E-state index contributed by atoms with van der Waals surface area (Å²) in [6, 6.07) is 5.14. The van der Waals surface area contributed by atoms with E-state index in [1.807, 2.05) is 0 Å². The maximum Gasteiger partial charge on any atom is 0.408 e. The van der Waals surface area contributed by atoms with E-state index in [2.05, 4.69) is 5.32 Å². The first-order valence-electron chi connectivity index (χ1n) is 6.78. The largest absolute Gasteiger partial charge is 0.479 e. The van der Waals surface area contributed by atoms with Crippen molar-refractivity contribution in [2.75, 3.05) is 13.3 Å². The van der Waals surface area contributed by atoms with E-state index < -0.39 is 30.8 Å². The fourth-order valence-electron chi connectivity index (χ4n) is 1.75. The molecular weight excluding hydrogens is 305 g/mol. The smallest absolute Gasteiger partial charge is 0.408 e. The Kier molecular flexibility index (Phi) is 5.41. The molecule has 1 rings (SSSR count). The topological polar surface area (TPSA) is 92.7 Å². The average molecular weight is 327 g/mol. The van der Waals surface area contributed by atoms with Crippen molar-refractivity contribution in [1.29, 1.82) is 0 Å². The maximum atomic E-state index is 12.1. The van der Waals surface area contributed by atoms with Crippen molar-refractivity contribution >= 4 is 24.5 Å². The number of amides is 1. The van der Waals surface area contributed by atoms with Crippen molar-refractivity contribution < 1.29 is 24.0 Å². The van der Waals surface area contributed by atoms with Crippen molar-refractivity contribution in [2.24, 2.45) is 0 Å². The number of carboxylic acid groups (broad SMARTS) is 1. The fourth-order valence-corrected chi connectivity index (χ4v) is 2.66. The van der Waals surface area contributed by atoms with Crippen molar-refractivity contribution in [3.63, 3.8) is 0 Å². The third-order valence-corrected chi connectivity index (χ3v) is 4.26. The molecule has 122 valence electrons. The van der Waals surface area contributed by atoms with Gasteiger partial charge in [-0.2, -0.15) is 0 Å². The third kappa shape index (κ3) is 5.53. The van der Waals surface area contributed by atoms with Crippen LogP contribution in [0.4, 0.5) is 4.79 Å². The van der Waals surface area contributed by atoms with E-state index in [9.17, 15) is 19.3 Å². The van der Waals surface area contributed by atoms with Crippen molar-refractivity contribution in [1.82, 2.24) is 5.32 Å². The van der Waals surface area contributed by atoms with Gasteiger partial charge in [0.25, 0.3) is 0 Å². The highest BCUT2D eigenvalue weighted by Crippen LogP contribution is 2.35. The van der Waals surface area contributed by atoms with Gasteiger partial charge in [-0.25, -0.2) is 9.59 Å². The zero-order chi connectivity index (χ0) is 17.1. The number of aliphatic carboxylic acids is 1. The first-order valence-corrected chi connectivity index (χ1v) is 9.38. The molecule has 1 unspecified atom stereocenters. The molecular formula is C15H22NO5P. The number of carbonyl (C=O) groups is 2. The minimum absolute atomic E-state index is 0.347. The first-order chi connectivity index (χ1) is 9.90. The number of alkyl carbamates (subject to hydrolysis) is 1. The quantitative estimate of drug-likeness (QED) is 0.829. The number of rotatable bonds is 4. The lowest BCUT2D eigenvalue weighted by molar-refractivity contribution is -0.139. The second-order valence-corrected chi connectivity index (χ2v) is 9.58. The summed E-state index contributed by atoms with van der Waals surface area (Å²) in [6.45, 7) is 8.26. The van der Waals surface area contributed by atoms with Gasteiger partial charge in [-0.1, -0.05) is 18.2 Å². The first kappa shape index (κ1) is 18.2. The van der Waals surface area contributed by atoms with Crippen LogP contribution < -0.4 is 10.6 Å². The van der Waals surface area contributed by atoms with E-state index in [0.29, 0.717) is 10.9 Å². The zero-order valence-corrected chi connectivity index (χ0v) is 14.3. The predicted molar refractivity (Wildman–Crippen MR) is 85.3 cm³/mol. The lowest BCUT2D eigenvalue weighted by Crippen LogP contribution is -2.38. The van der Waals surface area contributed by atoms with E-state index in [1.165, 1.54) is 6.07 Å². The molecule has 0 bridgehead atoms.